The SMILES string of the molecule is COC(=O)CC[C@@H](C)[C@H]1CC[C@H]2[C@@H]3C[C@@H](C)[C@H]4C[C@@](C)(O)CC[C@]4(C)[C@H]3CC[C@]12C. The molecule has 0 heterocycles. The maximum atomic E-state index is 11.7. The Morgan fingerprint density at radius 1 is 1.03 bits per heavy atom. The summed E-state index contributed by atoms with van der Waals surface area (Å²) in [5.74, 6) is 5.26. The number of fused-ring (bicyclic) bond motifs is 5. The highest BCUT2D eigenvalue weighted by Crippen LogP contribution is 2.69. The molecule has 0 unspecified atom stereocenters. The third-order valence-corrected chi connectivity index (χ3v) is 11.1. The summed E-state index contributed by atoms with van der Waals surface area (Å²) in [6.07, 6.45) is 11.6. The molecule has 0 saturated heterocycles. The average Bonchev–Trinajstić information content (AvgIpc) is 3.05. The smallest absolute Gasteiger partial charge is 0.305 e. The molecule has 3 nitrogen and oxygen atoms in total. The number of aliphatic hydroxyl groups is 1. The Bertz CT molecular complexity index is 656. The largest absolute Gasteiger partial charge is 0.469 e. The van der Waals surface area contributed by atoms with Crippen LogP contribution in [0.15, 0.2) is 0 Å². The second kappa shape index (κ2) is 7.78. The third-order valence-electron chi connectivity index (χ3n) is 11.1. The number of hydrogen-bond donors (Lipinski definition) is 1. The zero-order valence-corrected chi connectivity index (χ0v) is 20.4. The number of carbonyl (C=O) groups excluding carboxylic acids is 1. The van der Waals surface area contributed by atoms with Crippen LogP contribution in [0, 0.1) is 52.3 Å². The van der Waals surface area contributed by atoms with Gasteiger partial charge in [0, 0.05) is 6.42 Å². The van der Waals surface area contributed by atoms with Gasteiger partial charge in [-0.25, -0.2) is 0 Å². The van der Waals surface area contributed by atoms with Crippen molar-refractivity contribution in [3.05, 3.63) is 0 Å². The van der Waals surface area contributed by atoms with E-state index in [-0.39, 0.29) is 5.97 Å². The fraction of sp³-hybridized carbons (Fsp3) is 0.963. The lowest BCUT2D eigenvalue weighted by molar-refractivity contribution is -0.166. The van der Waals surface area contributed by atoms with Crippen LogP contribution in [0.4, 0.5) is 0 Å². The van der Waals surface area contributed by atoms with Crippen molar-refractivity contribution in [2.45, 2.75) is 104 Å². The molecule has 0 amide bonds. The molecular formula is C27H46O3. The van der Waals surface area contributed by atoms with Gasteiger partial charge in [0.15, 0.2) is 0 Å². The van der Waals surface area contributed by atoms with E-state index in [1.807, 2.05) is 0 Å². The van der Waals surface area contributed by atoms with Gasteiger partial charge in [-0.3, -0.25) is 4.79 Å². The van der Waals surface area contributed by atoms with Gasteiger partial charge in [0.25, 0.3) is 0 Å². The highest BCUT2D eigenvalue weighted by molar-refractivity contribution is 5.69. The van der Waals surface area contributed by atoms with Crippen molar-refractivity contribution in [3.63, 3.8) is 0 Å². The summed E-state index contributed by atoms with van der Waals surface area (Å²) < 4.78 is 4.90. The molecule has 4 aliphatic rings. The minimum absolute atomic E-state index is 0.0569. The summed E-state index contributed by atoms with van der Waals surface area (Å²) in [6, 6.07) is 0. The first-order chi connectivity index (χ1) is 14.0. The molecule has 172 valence electrons. The number of hydrogen-bond acceptors (Lipinski definition) is 3. The summed E-state index contributed by atoms with van der Waals surface area (Å²) >= 11 is 0. The highest BCUT2D eigenvalue weighted by atomic mass is 16.5. The fourth-order valence-electron chi connectivity index (χ4n) is 9.50. The summed E-state index contributed by atoms with van der Waals surface area (Å²) in [4.78, 5) is 11.7. The number of methoxy groups -OCH3 is 1. The molecule has 0 bridgehead atoms. The van der Waals surface area contributed by atoms with Crippen LogP contribution in [0.1, 0.15) is 98.8 Å². The van der Waals surface area contributed by atoms with Gasteiger partial charge in [0.1, 0.15) is 0 Å². The minimum Gasteiger partial charge on any atom is -0.469 e. The van der Waals surface area contributed by atoms with Gasteiger partial charge in [-0.1, -0.05) is 27.7 Å². The van der Waals surface area contributed by atoms with Crippen molar-refractivity contribution in [1.82, 2.24) is 0 Å². The molecule has 4 aliphatic carbocycles. The van der Waals surface area contributed by atoms with Crippen LogP contribution in [0.3, 0.4) is 0 Å². The Kier molecular flexibility index (Phi) is 5.87. The molecule has 1 N–H and O–H groups in total. The van der Waals surface area contributed by atoms with Gasteiger partial charge in [-0.15, -0.1) is 0 Å². The molecule has 4 saturated carbocycles. The van der Waals surface area contributed by atoms with Gasteiger partial charge in [0.05, 0.1) is 12.7 Å². The van der Waals surface area contributed by atoms with E-state index < -0.39 is 5.60 Å². The maximum Gasteiger partial charge on any atom is 0.305 e. The number of ether oxygens (including phenoxy) is 1. The lowest BCUT2D eigenvalue weighted by atomic mass is 9.42. The minimum atomic E-state index is -0.456. The first-order valence-corrected chi connectivity index (χ1v) is 12.8. The molecule has 0 aromatic heterocycles. The van der Waals surface area contributed by atoms with Crippen LogP contribution < -0.4 is 0 Å². The monoisotopic (exact) mass is 418 g/mol. The standard InChI is InChI=1S/C27H46O3/c1-17(7-10-24(28)30-6)20-8-9-21-19-15-18(2)23-16-25(3,29)13-14-27(23,5)22(19)11-12-26(20,21)4/h17-23,29H,7-16H2,1-6H3/t17-,18-,19+,20-,21+,22+,23-,25+,26-,27-/m1/s1. The molecule has 3 heteroatoms. The van der Waals surface area contributed by atoms with E-state index in [1.54, 1.807) is 0 Å². The van der Waals surface area contributed by atoms with Crippen LogP contribution in [0.2, 0.25) is 0 Å². The fourth-order valence-corrected chi connectivity index (χ4v) is 9.50. The molecule has 10 atom stereocenters. The highest BCUT2D eigenvalue weighted by Gasteiger charge is 2.62. The van der Waals surface area contributed by atoms with Crippen molar-refractivity contribution in [2.75, 3.05) is 7.11 Å². The molecule has 30 heavy (non-hydrogen) atoms. The third kappa shape index (κ3) is 3.55. The van der Waals surface area contributed by atoms with Crippen LogP contribution in [0.25, 0.3) is 0 Å². The van der Waals surface area contributed by atoms with E-state index in [4.69, 9.17) is 4.74 Å². The summed E-state index contributed by atoms with van der Waals surface area (Å²) in [6.45, 7) is 12.1. The molecule has 0 spiro atoms. The second-order valence-electron chi connectivity index (χ2n) is 12.7. The van der Waals surface area contributed by atoms with E-state index >= 15 is 0 Å². The number of carbonyl (C=O) groups is 1. The van der Waals surface area contributed by atoms with Crippen molar-refractivity contribution >= 4 is 5.97 Å². The Balaban J connectivity index is 1.52. The molecule has 0 aromatic rings. The van der Waals surface area contributed by atoms with E-state index in [9.17, 15) is 9.90 Å². The van der Waals surface area contributed by atoms with E-state index in [1.165, 1.54) is 45.6 Å². The number of esters is 1. The van der Waals surface area contributed by atoms with E-state index in [0.717, 1.165) is 48.9 Å². The van der Waals surface area contributed by atoms with Gasteiger partial charge < -0.3 is 9.84 Å². The number of rotatable bonds is 4. The molecular weight excluding hydrogens is 372 g/mol. The summed E-state index contributed by atoms with van der Waals surface area (Å²) in [7, 11) is 1.50. The van der Waals surface area contributed by atoms with Gasteiger partial charge in [-0.2, -0.15) is 0 Å². The van der Waals surface area contributed by atoms with Crippen molar-refractivity contribution < 1.29 is 14.6 Å². The Labute approximate surface area is 184 Å². The van der Waals surface area contributed by atoms with Crippen LogP contribution >= 0.6 is 0 Å². The van der Waals surface area contributed by atoms with Crippen molar-refractivity contribution in [3.8, 4) is 0 Å². The van der Waals surface area contributed by atoms with Crippen LogP contribution in [-0.2, 0) is 9.53 Å². The zero-order chi connectivity index (χ0) is 21.9. The molecule has 0 aliphatic heterocycles. The lowest BCUT2D eigenvalue weighted by Crippen LogP contribution is -2.57. The Morgan fingerprint density at radius 3 is 2.43 bits per heavy atom. The average molecular weight is 419 g/mol. The maximum absolute atomic E-state index is 11.7. The molecule has 4 fully saturated rings. The zero-order valence-electron chi connectivity index (χ0n) is 20.4. The van der Waals surface area contributed by atoms with Crippen molar-refractivity contribution in [1.29, 1.82) is 0 Å². The molecule has 0 aromatic carbocycles. The van der Waals surface area contributed by atoms with Gasteiger partial charge >= 0.3 is 5.97 Å². The predicted molar refractivity (Wildman–Crippen MR) is 121 cm³/mol. The second-order valence-corrected chi connectivity index (χ2v) is 12.7. The quantitative estimate of drug-likeness (QED) is 0.550. The predicted octanol–water partition coefficient (Wildman–Crippen LogP) is 6.23. The molecule has 0 radical (unpaired) electrons. The van der Waals surface area contributed by atoms with E-state index in [2.05, 4.69) is 34.6 Å². The molecule has 4 rings (SSSR count). The van der Waals surface area contributed by atoms with Crippen LogP contribution in [-0.4, -0.2) is 23.8 Å². The summed E-state index contributed by atoms with van der Waals surface area (Å²) in [5, 5.41) is 10.8. The lowest BCUT2D eigenvalue weighted by Gasteiger charge is -2.64. The van der Waals surface area contributed by atoms with Gasteiger partial charge in [-0.05, 0) is 117 Å². The summed E-state index contributed by atoms with van der Waals surface area (Å²) in [5.41, 5.74) is 0.405. The normalized spacial score (nSPS) is 51.4. The Hall–Kier alpha value is -0.570. The van der Waals surface area contributed by atoms with E-state index in [0.29, 0.717) is 29.1 Å². The topological polar surface area (TPSA) is 46.5 Å². The van der Waals surface area contributed by atoms with Gasteiger partial charge in [0.2, 0.25) is 0 Å². The first-order valence-electron chi connectivity index (χ1n) is 12.8. The first kappa shape index (κ1) is 22.6. The van der Waals surface area contributed by atoms with Crippen molar-refractivity contribution in [2.24, 2.45) is 52.3 Å². The Morgan fingerprint density at radius 2 is 1.73 bits per heavy atom. The van der Waals surface area contributed by atoms with Crippen LogP contribution in [0.5, 0.6) is 0 Å².